The Morgan fingerprint density at radius 1 is 1.25 bits per heavy atom. The smallest absolute Gasteiger partial charge is 0.0348 e. The highest BCUT2D eigenvalue weighted by Gasteiger charge is 2.14. The topological polar surface area (TPSA) is 0 Å². The molecule has 0 heteroatoms. The molecule has 0 aromatic rings. The van der Waals surface area contributed by atoms with Crippen LogP contribution < -0.4 is 0 Å². The first-order valence-corrected chi connectivity index (χ1v) is 5.49. The van der Waals surface area contributed by atoms with Crippen molar-refractivity contribution in [3.8, 4) is 0 Å². The van der Waals surface area contributed by atoms with Gasteiger partial charge in [-0.15, -0.1) is 0 Å². The summed E-state index contributed by atoms with van der Waals surface area (Å²) in [5, 5.41) is 0. The predicted molar refractivity (Wildman–Crippen MR) is 55.2 cm³/mol. The van der Waals surface area contributed by atoms with Gasteiger partial charge in [0.2, 0.25) is 0 Å². The first-order valence-electron chi connectivity index (χ1n) is 5.49. The standard InChI is InChI=1S/C12H22/c1-3-11(2)12-9-7-5-4-6-8-10-12/h4-5,11-12H,3,6-10H2,1-2H3/b5-4+. The van der Waals surface area contributed by atoms with E-state index in [-0.39, 0.29) is 0 Å². The van der Waals surface area contributed by atoms with Crippen molar-refractivity contribution in [2.24, 2.45) is 11.8 Å². The molecule has 70 valence electrons. The third-order valence-corrected chi connectivity index (χ3v) is 3.27. The highest BCUT2D eigenvalue weighted by Crippen LogP contribution is 2.27. The molecule has 2 atom stereocenters. The van der Waals surface area contributed by atoms with E-state index in [1.165, 1.54) is 38.5 Å². The average Bonchev–Trinajstić information content (AvgIpc) is 2.02. The number of hydrogen-bond donors (Lipinski definition) is 0. The van der Waals surface area contributed by atoms with Crippen LogP contribution in [0.25, 0.3) is 0 Å². The van der Waals surface area contributed by atoms with Crippen LogP contribution in [0, 0.1) is 11.8 Å². The molecule has 2 unspecified atom stereocenters. The minimum atomic E-state index is 0.941. The summed E-state index contributed by atoms with van der Waals surface area (Å²) in [6.45, 7) is 4.73. The first kappa shape index (κ1) is 9.83. The van der Waals surface area contributed by atoms with Gasteiger partial charge in [0.25, 0.3) is 0 Å². The van der Waals surface area contributed by atoms with E-state index in [1.54, 1.807) is 0 Å². The summed E-state index contributed by atoms with van der Waals surface area (Å²) in [4.78, 5) is 0. The molecule has 0 bridgehead atoms. The van der Waals surface area contributed by atoms with E-state index in [1.807, 2.05) is 0 Å². The Labute approximate surface area is 77.1 Å². The normalized spacial score (nSPS) is 30.3. The number of allylic oxidation sites excluding steroid dienone is 2. The molecular formula is C12H22. The number of hydrogen-bond acceptors (Lipinski definition) is 0. The van der Waals surface area contributed by atoms with Gasteiger partial charge in [-0.2, -0.15) is 0 Å². The molecule has 12 heavy (non-hydrogen) atoms. The maximum absolute atomic E-state index is 2.41. The Morgan fingerprint density at radius 3 is 2.75 bits per heavy atom. The van der Waals surface area contributed by atoms with Gasteiger partial charge in [0.05, 0.1) is 0 Å². The van der Waals surface area contributed by atoms with Gasteiger partial charge in [-0.25, -0.2) is 0 Å². The Morgan fingerprint density at radius 2 is 2.00 bits per heavy atom. The minimum absolute atomic E-state index is 0.941. The summed E-state index contributed by atoms with van der Waals surface area (Å²) in [5.41, 5.74) is 0. The van der Waals surface area contributed by atoms with Gasteiger partial charge in [-0.05, 0) is 43.9 Å². The SMILES string of the molecule is CCC(C)C1CC/C=C/CCC1. The third kappa shape index (κ3) is 3.00. The fourth-order valence-corrected chi connectivity index (χ4v) is 2.09. The zero-order valence-corrected chi connectivity index (χ0v) is 8.55. The Kier molecular flexibility index (Phi) is 4.42. The Balaban J connectivity index is 2.36. The van der Waals surface area contributed by atoms with Crippen LogP contribution in [0.5, 0.6) is 0 Å². The minimum Gasteiger partial charge on any atom is -0.0885 e. The Hall–Kier alpha value is -0.260. The highest BCUT2D eigenvalue weighted by atomic mass is 14.2. The molecule has 0 fully saturated rings. The van der Waals surface area contributed by atoms with Crippen molar-refractivity contribution in [1.29, 1.82) is 0 Å². The van der Waals surface area contributed by atoms with Gasteiger partial charge in [-0.1, -0.05) is 32.4 Å². The van der Waals surface area contributed by atoms with Crippen molar-refractivity contribution in [1.82, 2.24) is 0 Å². The molecule has 0 aliphatic heterocycles. The van der Waals surface area contributed by atoms with E-state index >= 15 is 0 Å². The molecule has 0 spiro atoms. The van der Waals surface area contributed by atoms with E-state index in [4.69, 9.17) is 0 Å². The maximum atomic E-state index is 2.41. The third-order valence-electron chi connectivity index (χ3n) is 3.27. The second-order valence-electron chi connectivity index (χ2n) is 4.13. The van der Waals surface area contributed by atoms with Crippen LogP contribution in [0.2, 0.25) is 0 Å². The van der Waals surface area contributed by atoms with Crippen LogP contribution in [0.15, 0.2) is 12.2 Å². The van der Waals surface area contributed by atoms with Crippen molar-refractivity contribution in [2.75, 3.05) is 0 Å². The monoisotopic (exact) mass is 166 g/mol. The first-order chi connectivity index (χ1) is 5.84. The van der Waals surface area contributed by atoms with Crippen molar-refractivity contribution >= 4 is 0 Å². The summed E-state index contributed by atoms with van der Waals surface area (Å²) in [6, 6.07) is 0. The quantitative estimate of drug-likeness (QED) is 0.540. The van der Waals surface area contributed by atoms with Gasteiger partial charge in [0.1, 0.15) is 0 Å². The molecule has 1 aliphatic rings. The molecule has 0 amide bonds. The van der Waals surface area contributed by atoms with Crippen LogP contribution in [-0.4, -0.2) is 0 Å². The largest absolute Gasteiger partial charge is 0.0885 e. The summed E-state index contributed by atoms with van der Waals surface area (Å²) >= 11 is 0. The molecule has 0 saturated heterocycles. The fourth-order valence-electron chi connectivity index (χ4n) is 2.09. The van der Waals surface area contributed by atoms with Crippen molar-refractivity contribution in [3.05, 3.63) is 12.2 Å². The molecule has 1 rings (SSSR count). The van der Waals surface area contributed by atoms with Crippen LogP contribution >= 0.6 is 0 Å². The zero-order chi connectivity index (χ0) is 8.81. The van der Waals surface area contributed by atoms with E-state index in [0.29, 0.717) is 0 Å². The lowest BCUT2D eigenvalue weighted by Gasteiger charge is -2.23. The molecule has 0 heterocycles. The lowest BCUT2D eigenvalue weighted by atomic mass is 9.83. The molecule has 0 N–H and O–H groups in total. The van der Waals surface area contributed by atoms with E-state index in [2.05, 4.69) is 26.0 Å². The van der Waals surface area contributed by atoms with Crippen LogP contribution in [0.1, 0.15) is 52.4 Å². The predicted octanol–water partition coefficient (Wildman–Crippen LogP) is 4.17. The molecule has 0 nitrogen and oxygen atoms in total. The zero-order valence-electron chi connectivity index (χ0n) is 8.55. The highest BCUT2D eigenvalue weighted by molar-refractivity contribution is 4.85. The second-order valence-corrected chi connectivity index (χ2v) is 4.13. The maximum Gasteiger partial charge on any atom is -0.0348 e. The molecule has 0 saturated carbocycles. The van der Waals surface area contributed by atoms with Crippen molar-refractivity contribution in [3.63, 3.8) is 0 Å². The van der Waals surface area contributed by atoms with E-state index in [0.717, 1.165) is 11.8 Å². The van der Waals surface area contributed by atoms with Gasteiger partial charge in [0, 0.05) is 0 Å². The molecule has 0 aromatic heterocycles. The molecule has 0 radical (unpaired) electrons. The van der Waals surface area contributed by atoms with Crippen LogP contribution in [-0.2, 0) is 0 Å². The van der Waals surface area contributed by atoms with Crippen LogP contribution in [0.4, 0.5) is 0 Å². The second kappa shape index (κ2) is 5.40. The van der Waals surface area contributed by atoms with E-state index < -0.39 is 0 Å². The molecule has 1 aliphatic carbocycles. The summed E-state index contributed by atoms with van der Waals surface area (Å²) in [5.74, 6) is 1.94. The molecule has 0 aromatic carbocycles. The fraction of sp³-hybridized carbons (Fsp3) is 0.833. The van der Waals surface area contributed by atoms with Gasteiger partial charge >= 0.3 is 0 Å². The van der Waals surface area contributed by atoms with Crippen molar-refractivity contribution in [2.45, 2.75) is 52.4 Å². The average molecular weight is 166 g/mol. The lowest BCUT2D eigenvalue weighted by molar-refractivity contribution is 0.301. The van der Waals surface area contributed by atoms with Crippen LogP contribution in [0.3, 0.4) is 0 Å². The molecular weight excluding hydrogens is 144 g/mol. The summed E-state index contributed by atoms with van der Waals surface area (Å²) < 4.78 is 0. The van der Waals surface area contributed by atoms with Gasteiger partial charge in [-0.3, -0.25) is 0 Å². The Bertz CT molecular complexity index is 135. The van der Waals surface area contributed by atoms with Crippen molar-refractivity contribution < 1.29 is 0 Å². The summed E-state index contributed by atoms with van der Waals surface area (Å²) in [6.07, 6.45) is 13.0. The number of rotatable bonds is 2. The van der Waals surface area contributed by atoms with Gasteiger partial charge < -0.3 is 0 Å². The van der Waals surface area contributed by atoms with Gasteiger partial charge in [0.15, 0.2) is 0 Å². The summed E-state index contributed by atoms with van der Waals surface area (Å²) in [7, 11) is 0. The van der Waals surface area contributed by atoms with E-state index in [9.17, 15) is 0 Å². The lowest BCUT2D eigenvalue weighted by Crippen LogP contribution is -2.11.